The van der Waals surface area contributed by atoms with Gasteiger partial charge in [0, 0.05) is 19.6 Å². The first-order chi connectivity index (χ1) is 8.74. The number of H-pyrrole nitrogens is 1. The Hall–Kier alpha value is -1.14. The Bertz CT molecular complexity index is 518. The van der Waals surface area contributed by atoms with E-state index in [9.17, 15) is 4.79 Å². The highest BCUT2D eigenvalue weighted by Gasteiger charge is 2.44. The lowest BCUT2D eigenvalue weighted by atomic mass is 10.0. The number of aromatic nitrogens is 3. The van der Waals surface area contributed by atoms with Gasteiger partial charge in [0.2, 0.25) is 0 Å². The van der Waals surface area contributed by atoms with Gasteiger partial charge in [0.25, 0.3) is 0 Å². The highest BCUT2D eigenvalue weighted by atomic mass is 16.5. The van der Waals surface area contributed by atoms with Gasteiger partial charge in [-0.05, 0) is 25.2 Å². The zero-order chi connectivity index (χ0) is 12.2. The van der Waals surface area contributed by atoms with Gasteiger partial charge in [0.05, 0.1) is 6.54 Å². The zero-order valence-electron chi connectivity index (χ0n) is 10.4. The van der Waals surface area contributed by atoms with Gasteiger partial charge in [-0.3, -0.25) is 4.57 Å². The van der Waals surface area contributed by atoms with E-state index in [-0.39, 0.29) is 11.3 Å². The molecule has 1 spiro atoms. The molecule has 0 amide bonds. The number of likely N-dealkylation sites (tertiary alicyclic amines) is 1. The van der Waals surface area contributed by atoms with Gasteiger partial charge in [-0.15, -0.1) is 0 Å². The molecule has 0 aromatic carbocycles. The third kappa shape index (κ3) is 1.71. The minimum atomic E-state index is -0.157. The van der Waals surface area contributed by atoms with E-state index in [4.69, 9.17) is 4.74 Å². The van der Waals surface area contributed by atoms with Crippen LogP contribution in [0, 0.1) is 5.92 Å². The second kappa shape index (κ2) is 3.68. The smallest absolute Gasteiger partial charge is 0.343 e. The molecule has 3 heterocycles. The maximum absolute atomic E-state index is 11.6. The van der Waals surface area contributed by atoms with Gasteiger partial charge in [-0.2, -0.15) is 5.10 Å². The lowest BCUT2D eigenvalue weighted by molar-refractivity contribution is -0.0830. The summed E-state index contributed by atoms with van der Waals surface area (Å²) in [5.74, 6) is 1.64. The van der Waals surface area contributed by atoms with Crippen LogP contribution in [0.3, 0.4) is 0 Å². The van der Waals surface area contributed by atoms with Crippen molar-refractivity contribution in [2.75, 3.05) is 19.6 Å². The molecule has 6 heteroatoms. The molecule has 1 unspecified atom stereocenters. The Labute approximate surface area is 105 Å². The van der Waals surface area contributed by atoms with Crippen LogP contribution < -0.4 is 5.69 Å². The largest absolute Gasteiger partial charge is 0.364 e. The topological polar surface area (TPSA) is 63.2 Å². The first-order valence-electron chi connectivity index (χ1n) is 6.75. The van der Waals surface area contributed by atoms with Crippen molar-refractivity contribution in [1.82, 2.24) is 19.7 Å². The summed E-state index contributed by atoms with van der Waals surface area (Å²) < 4.78 is 7.75. The van der Waals surface area contributed by atoms with Crippen molar-refractivity contribution < 1.29 is 4.74 Å². The molecule has 0 bridgehead atoms. The summed E-state index contributed by atoms with van der Waals surface area (Å²) in [5.41, 5.74) is -0.261. The molecule has 3 aliphatic rings. The number of rotatable bonds is 2. The van der Waals surface area contributed by atoms with Crippen LogP contribution in [0.15, 0.2) is 4.79 Å². The molecule has 1 saturated heterocycles. The van der Waals surface area contributed by atoms with E-state index in [1.165, 1.54) is 19.4 Å². The summed E-state index contributed by atoms with van der Waals surface area (Å²) in [6.07, 6.45) is 3.79. The first-order valence-corrected chi connectivity index (χ1v) is 6.75. The van der Waals surface area contributed by atoms with Crippen LogP contribution in [0.5, 0.6) is 0 Å². The maximum Gasteiger partial charge on any atom is 0.343 e. The molecule has 1 aliphatic carbocycles. The normalized spacial score (nSPS) is 32.0. The fraction of sp³-hybridized carbons (Fsp3) is 0.833. The number of fused-ring (bicyclic) bond motifs is 1. The summed E-state index contributed by atoms with van der Waals surface area (Å²) >= 11 is 0. The number of aromatic amines is 1. The van der Waals surface area contributed by atoms with Crippen molar-refractivity contribution in [1.29, 1.82) is 0 Å². The third-order valence-corrected chi connectivity index (χ3v) is 4.40. The molecule has 6 nitrogen and oxygen atoms in total. The molecular formula is C12H18N4O2. The summed E-state index contributed by atoms with van der Waals surface area (Å²) in [4.78, 5) is 14.1. The monoisotopic (exact) mass is 250 g/mol. The van der Waals surface area contributed by atoms with Crippen molar-refractivity contribution in [3.05, 3.63) is 16.3 Å². The van der Waals surface area contributed by atoms with E-state index < -0.39 is 0 Å². The van der Waals surface area contributed by atoms with Crippen LogP contribution in [0.1, 0.15) is 25.1 Å². The standard InChI is InChI=1S/C12H18N4O2/c17-11-14-13-10-6-18-12(8-16(10)11)3-4-15(7-12)5-9-1-2-9/h9H,1-8H2,(H,14,17). The summed E-state index contributed by atoms with van der Waals surface area (Å²) in [6, 6.07) is 0. The molecule has 1 N–H and O–H groups in total. The number of hydrogen-bond donors (Lipinski definition) is 1. The molecule has 1 aromatic rings. The minimum Gasteiger partial charge on any atom is -0.364 e. The van der Waals surface area contributed by atoms with Gasteiger partial charge in [0.1, 0.15) is 12.2 Å². The molecule has 1 atom stereocenters. The summed E-state index contributed by atoms with van der Waals surface area (Å²) in [5, 5.41) is 6.48. The third-order valence-electron chi connectivity index (χ3n) is 4.40. The fourth-order valence-electron chi connectivity index (χ4n) is 3.17. The predicted molar refractivity (Wildman–Crippen MR) is 64.1 cm³/mol. The molecular weight excluding hydrogens is 232 g/mol. The van der Waals surface area contributed by atoms with Crippen molar-refractivity contribution in [3.8, 4) is 0 Å². The van der Waals surface area contributed by atoms with E-state index in [2.05, 4.69) is 15.1 Å². The number of nitrogens with zero attached hydrogens (tertiary/aromatic N) is 3. The summed E-state index contributed by atoms with van der Waals surface area (Å²) in [7, 11) is 0. The van der Waals surface area contributed by atoms with Gasteiger partial charge in [0.15, 0.2) is 5.82 Å². The van der Waals surface area contributed by atoms with Gasteiger partial charge in [-0.25, -0.2) is 9.89 Å². The highest BCUT2D eigenvalue weighted by molar-refractivity contribution is 5.00. The van der Waals surface area contributed by atoms with Crippen molar-refractivity contribution in [2.45, 2.75) is 38.0 Å². The van der Waals surface area contributed by atoms with Gasteiger partial charge >= 0.3 is 5.69 Å². The van der Waals surface area contributed by atoms with Crippen LogP contribution >= 0.6 is 0 Å². The van der Waals surface area contributed by atoms with Gasteiger partial charge < -0.3 is 9.64 Å². The molecule has 98 valence electrons. The Morgan fingerprint density at radius 3 is 3.17 bits per heavy atom. The number of ether oxygens (including phenoxy) is 1. The molecule has 2 fully saturated rings. The Morgan fingerprint density at radius 1 is 1.44 bits per heavy atom. The van der Waals surface area contributed by atoms with Crippen LogP contribution in [0.25, 0.3) is 0 Å². The second-order valence-corrected chi connectivity index (χ2v) is 5.93. The van der Waals surface area contributed by atoms with E-state index >= 15 is 0 Å². The van der Waals surface area contributed by atoms with Gasteiger partial charge in [-0.1, -0.05) is 0 Å². The molecule has 1 saturated carbocycles. The molecule has 0 radical (unpaired) electrons. The Kier molecular flexibility index (Phi) is 2.20. The summed E-state index contributed by atoms with van der Waals surface area (Å²) in [6.45, 7) is 4.37. The minimum absolute atomic E-state index is 0.103. The second-order valence-electron chi connectivity index (χ2n) is 5.93. The lowest BCUT2D eigenvalue weighted by Crippen LogP contribution is -2.46. The van der Waals surface area contributed by atoms with Crippen molar-refractivity contribution in [3.63, 3.8) is 0 Å². The van der Waals surface area contributed by atoms with E-state index in [0.717, 1.165) is 31.3 Å². The average molecular weight is 250 g/mol. The van der Waals surface area contributed by atoms with E-state index in [1.807, 2.05) is 0 Å². The predicted octanol–water partition coefficient (Wildman–Crippen LogP) is -0.0439. The molecule has 4 rings (SSSR count). The van der Waals surface area contributed by atoms with E-state index in [0.29, 0.717) is 13.2 Å². The quantitative estimate of drug-likeness (QED) is 0.800. The van der Waals surface area contributed by atoms with Crippen molar-refractivity contribution >= 4 is 0 Å². The Morgan fingerprint density at radius 2 is 2.33 bits per heavy atom. The van der Waals surface area contributed by atoms with Crippen LogP contribution in [-0.4, -0.2) is 44.9 Å². The maximum atomic E-state index is 11.6. The average Bonchev–Trinajstić information content (AvgIpc) is 3.00. The SMILES string of the molecule is O=c1[nH]nc2n1CC1(CCN(CC3CC3)C1)OC2. The zero-order valence-corrected chi connectivity index (χ0v) is 10.4. The van der Waals surface area contributed by atoms with E-state index in [1.54, 1.807) is 4.57 Å². The molecule has 18 heavy (non-hydrogen) atoms. The number of hydrogen-bond acceptors (Lipinski definition) is 4. The van der Waals surface area contributed by atoms with Crippen LogP contribution in [0.4, 0.5) is 0 Å². The molecule has 2 aliphatic heterocycles. The van der Waals surface area contributed by atoms with Crippen LogP contribution in [0.2, 0.25) is 0 Å². The number of nitrogens with one attached hydrogen (secondary N) is 1. The lowest BCUT2D eigenvalue weighted by Gasteiger charge is -2.33. The fourth-order valence-corrected chi connectivity index (χ4v) is 3.17. The van der Waals surface area contributed by atoms with Crippen LogP contribution in [-0.2, 0) is 17.9 Å². The highest BCUT2D eigenvalue weighted by Crippen LogP contribution is 2.35. The van der Waals surface area contributed by atoms with Crippen molar-refractivity contribution in [2.24, 2.45) is 5.92 Å². The Balaban J connectivity index is 1.52. The first kappa shape index (κ1) is 10.8. The molecule has 1 aromatic heterocycles.